The second-order valence-electron chi connectivity index (χ2n) is 8.88. The minimum atomic E-state index is -0.0902. The number of hydrogen-bond donors (Lipinski definition) is 0. The summed E-state index contributed by atoms with van der Waals surface area (Å²) in [6.45, 7) is 13.1. The molecule has 0 saturated heterocycles. The van der Waals surface area contributed by atoms with Gasteiger partial charge in [0.05, 0.1) is 6.61 Å². The van der Waals surface area contributed by atoms with Gasteiger partial charge in [-0.15, -0.1) is 0 Å². The molecule has 26 heavy (non-hydrogen) atoms. The third kappa shape index (κ3) is 15.2. The van der Waals surface area contributed by atoms with Gasteiger partial charge >= 0.3 is 11.9 Å². The molecule has 1 atom stereocenters. The van der Waals surface area contributed by atoms with E-state index in [2.05, 4.69) is 34.6 Å². The van der Waals surface area contributed by atoms with Crippen LogP contribution in [0.4, 0.5) is 0 Å². The van der Waals surface area contributed by atoms with E-state index in [9.17, 15) is 9.59 Å². The first-order valence-electron chi connectivity index (χ1n) is 10.5. The standard InChI is InChI=1S/C22H42O4/c1-18(2)14-13-17-25-20(23)15-11-9-7-8-10-12-16-21(24)26-19(3)22(4,5)6/h18-19H,7-17H2,1-6H3. The number of carbonyl (C=O) groups excluding carboxylic acids is 2. The summed E-state index contributed by atoms with van der Waals surface area (Å²) < 4.78 is 10.7. The third-order valence-corrected chi connectivity index (χ3v) is 4.73. The normalized spacial score (nSPS) is 12.9. The van der Waals surface area contributed by atoms with Crippen LogP contribution >= 0.6 is 0 Å². The van der Waals surface area contributed by atoms with Gasteiger partial charge in [0.1, 0.15) is 6.10 Å². The zero-order chi connectivity index (χ0) is 20.0. The molecule has 0 rings (SSSR count). The summed E-state index contributed by atoms with van der Waals surface area (Å²) >= 11 is 0. The Morgan fingerprint density at radius 3 is 1.77 bits per heavy atom. The zero-order valence-corrected chi connectivity index (χ0v) is 18.1. The average Bonchev–Trinajstić information content (AvgIpc) is 2.52. The van der Waals surface area contributed by atoms with Gasteiger partial charge in [0.25, 0.3) is 0 Å². The predicted molar refractivity (Wildman–Crippen MR) is 107 cm³/mol. The van der Waals surface area contributed by atoms with Gasteiger partial charge in [0, 0.05) is 12.8 Å². The summed E-state index contributed by atoms with van der Waals surface area (Å²) in [6, 6.07) is 0. The molecule has 0 bridgehead atoms. The van der Waals surface area contributed by atoms with Crippen molar-refractivity contribution < 1.29 is 19.1 Å². The number of rotatable bonds is 14. The number of unbranched alkanes of at least 4 members (excludes halogenated alkanes) is 5. The zero-order valence-electron chi connectivity index (χ0n) is 18.1. The van der Waals surface area contributed by atoms with E-state index in [4.69, 9.17) is 9.47 Å². The number of esters is 2. The molecule has 4 nitrogen and oxygen atoms in total. The van der Waals surface area contributed by atoms with Crippen LogP contribution < -0.4 is 0 Å². The second kappa shape index (κ2) is 14.1. The monoisotopic (exact) mass is 370 g/mol. The Kier molecular flexibility index (Phi) is 13.5. The van der Waals surface area contributed by atoms with Gasteiger partial charge in [-0.25, -0.2) is 0 Å². The van der Waals surface area contributed by atoms with Crippen LogP contribution in [0.1, 0.15) is 106 Å². The van der Waals surface area contributed by atoms with Crippen LogP contribution in [0.5, 0.6) is 0 Å². The summed E-state index contributed by atoms with van der Waals surface area (Å²) in [5.74, 6) is 0.509. The van der Waals surface area contributed by atoms with E-state index in [1.165, 1.54) is 0 Å². The Bertz CT molecular complexity index is 382. The topological polar surface area (TPSA) is 52.6 Å². The summed E-state index contributed by atoms with van der Waals surface area (Å²) in [6.07, 6.45) is 9.12. The summed E-state index contributed by atoms with van der Waals surface area (Å²) in [5, 5.41) is 0. The van der Waals surface area contributed by atoms with Gasteiger partial charge in [-0.1, -0.05) is 60.3 Å². The van der Waals surface area contributed by atoms with Crippen LogP contribution in [0.15, 0.2) is 0 Å². The van der Waals surface area contributed by atoms with Crippen molar-refractivity contribution >= 4 is 11.9 Å². The number of carbonyl (C=O) groups is 2. The lowest BCUT2D eigenvalue weighted by Crippen LogP contribution is -2.28. The Morgan fingerprint density at radius 1 is 0.769 bits per heavy atom. The molecule has 0 aliphatic heterocycles. The molecule has 154 valence electrons. The van der Waals surface area contributed by atoms with Gasteiger partial charge in [-0.3, -0.25) is 9.59 Å². The van der Waals surface area contributed by atoms with Crippen LogP contribution in [-0.4, -0.2) is 24.6 Å². The van der Waals surface area contributed by atoms with E-state index in [0.29, 0.717) is 25.4 Å². The number of hydrogen-bond acceptors (Lipinski definition) is 4. The molecule has 4 heteroatoms. The lowest BCUT2D eigenvalue weighted by Gasteiger charge is -2.26. The van der Waals surface area contributed by atoms with Crippen LogP contribution in [-0.2, 0) is 19.1 Å². The minimum absolute atomic E-state index is 0.00870. The molecule has 0 aromatic rings. The maximum atomic E-state index is 11.8. The fourth-order valence-corrected chi connectivity index (χ4v) is 2.43. The SMILES string of the molecule is CC(C)CCCOC(=O)CCCCCCCCC(=O)OC(C)C(C)(C)C. The molecular weight excluding hydrogens is 328 g/mol. The Hall–Kier alpha value is -1.06. The third-order valence-electron chi connectivity index (χ3n) is 4.73. The van der Waals surface area contributed by atoms with Crippen LogP contribution in [0.25, 0.3) is 0 Å². The van der Waals surface area contributed by atoms with E-state index in [1.54, 1.807) is 0 Å². The Labute approximate surface area is 161 Å². The molecule has 0 aromatic carbocycles. The smallest absolute Gasteiger partial charge is 0.306 e. The second-order valence-corrected chi connectivity index (χ2v) is 8.88. The Balaban J connectivity index is 3.45. The quantitative estimate of drug-likeness (QED) is 0.275. The fraction of sp³-hybridized carbons (Fsp3) is 0.909. The van der Waals surface area contributed by atoms with Crippen LogP contribution in [0, 0.1) is 11.3 Å². The van der Waals surface area contributed by atoms with Crippen molar-refractivity contribution in [3.8, 4) is 0 Å². The van der Waals surface area contributed by atoms with Crippen molar-refractivity contribution in [3.05, 3.63) is 0 Å². The largest absolute Gasteiger partial charge is 0.466 e. The maximum Gasteiger partial charge on any atom is 0.306 e. The maximum absolute atomic E-state index is 11.8. The highest BCUT2D eigenvalue weighted by atomic mass is 16.5. The van der Waals surface area contributed by atoms with Gasteiger partial charge in [0.15, 0.2) is 0 Å². The molecule has 0 radical (unpaired) electrons. The molecule has 0 aliphatic carbocycles. The Morgan fingerprint density at radius 2 is 1.27 bits per heavy atom. The van der Waals surface area contributed by atoms with E-state index >= 15 is 0 Å². The van der Waals surface area contributed by atoms with E-state index in [0.717, 1.165) is 51.4 Å². The summed E-state index contributed by atoms with van der Waals surface area (Å²) in [5.41, 5.74) is -0.00870. The van der Waals surface area contributed by atoms with Gasteiger partial charge in [-0.05, 0) is 43.9 Å². The summed E-state index contributed by atoms with van der Waals surface area (Å²) in [4.78, 5) is 23.4. The first-order valence-corrected chi connectivity index (χ1v) is 10.5. The van der Waals surface area contributed by atoms with Crippen LogP contribution in [0.3, 0.4) is 0 Å². The average molecular weight is 371 g/mol. The lowest BCUT2D eigenvalue weighted by molar-refractivity contribution is -0.153. The fourth-order valence-electron chi connectivity index (χ4n) is 2.43. The first kappa shape index (κ1) is 24.9. The molecule has 0 saturated carbocycles. The summed E-state index contributed by atoms with van der Waals surface area (Å²) in [7, 11) is 0. The van der Waals surface area contributed by atoms with Gasteiger partial charge in [0.2, 0.25) is 0 Å². The van der Waals surface area contributed by atoms with Crippen LogP contribution in [0.2, 0.25) is 0 Å². The van der Waals surface area contributed by atoms with E-state index < -0.39 is 0 Å². The van der Waals surface area contributed by atoms with Gasteiger partial charge < -0.3 is 9.47 Å². The number of ether oxygens (including phenoxy) is 2. The molecular formula is C22H42O4. The van der Waals surface area contributed by atoms with Gasteiger partial charge in [-0.2, -0.15) is 0 Å². The van der Waals surface area contributed by atoms with Crippen molar-refractivity contribution in [1.29, 1.82) is 0 Å². The highest BCUT2D eigenvalue weighted by Crippen LogP contribution is 2.22. The molecule has 1 unspecified atom stereocenters. The van der Waals surface area contributed by atoms with E-state index in [1.807, 2.05) is 6.92 Å². The van der Waals surface area contributed by atoms with Crippen molar-refractivity contribution in [2.75, 3.05) is 6.61 Å². The van der Waals surface area contributed by atoms with Crippen molar-refractivity contribution in [1.82, 2.24) is 0 Å². The predicted octanol–water partition coefficient (Wildman–Crippen LogP) is 6.06. The van der Waals surface area contributed by atoms with E-state index in [-0.39, 0.29) is 23.5 Å². The molecule has 0 amide bonds. The van der Waals surface area contributed by atoms with Crippen molar-refractivity contribution in [2.45, 2.75) is 112 Å². The first-order chi connectivity index (χ1) is 12.1. The van der Waals surface area contributed by atoms with Crippen molar-refractivity contribution in [3.63, 3.8) is 0 Å². The molecule has 0 N–H and O–H groups in total. The molecule has 0 fully saturated rings. The molecule has 0 aromatic heterocycles. The highest BCUT2D eigenvalue weighted by Gasteiger charge is 2.23. The molecule has 0 spiro atoms. The lowest BCUT2D eigenvalue weighted by atomic mass is 9.90. The highest BCUT2D eigenvalue weighted by molar-refractivity contribution is 5.69. The molecule has 0 aliphatic rings. The minimum Gasteiger partial charge on any atom is -0.466 e. The molecule has 0 heterocycles. The van der Waals surface area contributed by atoms with Crippen molar-refractivity contribution in [2.24, 2.45) is 11.3 Å².